The molecule has 0 fully saturated rings. The predicted octanol–water partition coefficient (Wildman–Crippen LogP) is 3.46. The first-order valence-corrected chi connectivity index (χ1v) is 5.36. The van der Waals surface area contributed by atoms with Crippen LogP contribution in [0.5, 0.6) is 0 Å². The van der Waals surface area contributed by atoms with Crippen LogP contribution < -0.4 is 0 Å². The van der Waals surface area contributed by atoms with E-state index in [1.54, 1.807) is 0 Å². The Morgan fingerprint density at radius 3 is 1.67 bits per heavy atom. The van der Waals surface area contributed by atoms with Gasteiger partial charge in [-0.05, 0) is 42.5 Å². The lowest BCUT2D eigenvalue weighted by Crippen LogP contribution is -1.89. The van der Waals surface area contributed by atoms with Crippen LogP contribution in [0.3, 0.4) is 0 Å². The average Bonchev–Trinajstić information content (AvgIpc) is 2.32. The van der Waals surface area contributed by atoms with E-state index in [9.17, 15) is 0 Å². The van der Waals surface area contributed by atoms with Gasteiger partial charge >= 0.3 is 0 Å². The van der Waals surface area contributed by atoms with E-state index in [1.165, 1.54) is 17.5 Å². The third kappa shape index (κ3) is 3.25. The highest BCUT2D eigenvalue weighted by atomic mass is 14.0. The van der Waals surface area contributed by atoms with Crippen molar-refractivity contribution in [3.63, 3.8) is 0 Å². The van der Waals surface area contributed by atoms with Crippen LogP contribution in [0.15, 0.2) is 48.5 Å². The zero-order chi connectivity index (χ0) is 10.3. The van der Waals surface area contributed by atoms with Gasteiger partial charge < -0.3 is 0 Å². The molecule has 2 aromatic carbocycles. The van der Waals surface area contributed by atoms with Crippen LogP contribution >= 0.6 is 0 Å². The lowest BCUT2D eigenvalue weighted by Gasteiger charge is -2.01. The molecule has 0 aromatic heterocycles. The Morgan fingerprint density at radius 1 is 0.733 bits per heavy atom. The summed E-state index contributed by atoms with van der Waals surface area (Å²) in [4.78, 5) is 0. The first-order chi connectivity index (χ1) is 7.45. The number of rotatable bonds is 4. The molecule has 0 nitrogen and oxygen atoms in total. The largest absolute Gasteiger partial charge is 0.0620 e. The molecule has 0 aliphatic rings. The molecule has 0 atom stereocenters. The Balaban J connectivity index is 1.81. The second kappa shape index (κ2) is 5.35. The van der Waals surface area contributed by atoms with Gasteiger partial charge in [0.05, 0.1) is 0 Å². The molecule has 0 amide bonds. The molecule has 0 heterocycles. The molecule has 0 heteroatoms. The molecule has 0 bridgehead atoms. The highest BCUT2D eigenvalue weighted by molar-refractivity contribution is 5.15. The van der Waals surface area contributed by atoms with Crippen LogP contribution in [0.1, 0.15) is 17.5 Å². The zero-order valence-corrected chi connectivity index (χ0v) is 8.74. The van der Waals surface area contributed by atoms with E-state index >= 15 is 0 Å². The van der Waals surface area contributed by atoms with Crippen LogP contribution in [0, 0.1) is 12.1 Å². The number of benzene rings is 2. The van der Waals surface area contributed by atoms with Crippen LogP contribution in [-0.2, 0) is 12.8 Å². The SMILES string of the molecule is [c]1ccccc1CCCc1[c]cccc1. The Hall–Kier alpha value is -1.56. The van der Waals surface area contributed by atoms with Crippen molar-refractivity contribution in [2.24, 2.45) is 0 Å². The molecule has 2 rings (SSSR count). The first kappa shape index (κ1) is 9.97. The van der Waals surface area contributed by atoms with Gasteiger partial charge in [-0.25, -0.2) is 0 Å². The standard InChI is InChI=1S/C15H14/c1-3-8-14(9-4-1)12-7-13-15-10-5-2-6-11-15/h1-6,8,10H,7,12-13H2. The van der Waals surface area contributed by atoms with Crippen molar-refractivity contribution >= 4 is 0 Å². The molecule has 0 aliphatic heterocycles. The summed E-state index contributed by atoms with van der Waals surface area (Å²) in [5, 5.41) is 0. The molecule has 15 heavy (non-hydrogen) atoms. The average molecular weight is 194 g/mol. The maximum Gasteiger partial charge on any atom is -0.0149 e. The molecule has 0 aliphatic carbocycles. The van der Waals surface area contributed by atoms with Crippen LogP contribution in [0.4, 0.5) is 0 Å². The molecule has 0 N–H and O–H groups in total. The molecule has 0 saturated heterocycles. The maximum absolute atomic E-state index is 3.24. The van der Waals surface area contributed by atoms with Gasteiger partial charge in [-0.1, -0.05) is 48.5 Å². The Bertz CT molecular complexity index is 336. The van der Waals surface area contributed by atoms with E-state index < -0.39 is 0 Å². The Kier molecular flexibility index (Phi) is 3.56. The topological polar surface area (TPSA) is 0 Å². The summed E-state index contributed by atoms with van der Waals surface area (Å²) in [6.07, 6.45) is 3.37. The molecule has 2 radical (unpaired) electrons. The Morgan fingerprint density at radius 2 is 1.27 bits per heavy atom. The summed E-state index contributed by atoms with van der Waals surface area (Å²) < 4.78 is 0. The van der Waals surface area contributed by atoms with E-state index in [1.807, 2.05) is 24.3 Å². The van der Waals surface area contributed by atoms with Crippen molar-refractivity contribution in [3.05, 3.63) is 71.8 Å². The molecular formula is C15H14. The second-order valence-corrected chi connectivity index (χ2v) is 3.63. The molecule has 0 spiro atoms. The van der Waals surface area contributed by atoms with E-state index in [2.05, 4.69) is 36.4 Å². The lowest BCUT2D eigenvalue weighted by molar-refractivity contribution is 0.819. The smallest absolute Gasteiger partial charge is 0.0149 e. The third-order valence-electron chi connectivity index (χ3n) is 2.44. The quantitative estimate of drug-likeness (QED) is 0.699. The highest BCUT2D eigenvalue weighted by Crippen LogP contribution is 2.06. The fraction of sp³-hybridized carbons (Fsp3) is 0.200. The van der Waals surface area contributed by atoms with E-state index in [0.717, 1.165) is 12.8 Å². The number of hydrogen-bond donors (Lipinski definition) is 0. The second-order valence-electron chi connectivity index (χ2n) is 3.63. The van der Waals surface area contributed by atoms with Gasteiger partial charge in [0.15, 0.2) is 0 Å². The normalized spacial score (nSPS) is 10.1. The van der Waals surface area contributed by atoms with Gasteiger partial charge in [-0.3, -0.25) is 0 Å². The minimum Gasteiger partial charge on any atom is -0.0620 e. The first-order valence-electron chi connectivity index (χ1n) is 5.36. The van der Waals surface area contributed by atoms with Gasteiger partial charge in [0.1, 0.15) is 0 Å². The van der Waals surface area contributed by atoms with Gasteiger partial charge in [-0.2, -0.15) is 0 Å². The van der Waals surface area contributed by atoms with Gasteiger partial charge in [-0.15, -0.1) is 0 Å². The fourth-order valence-corrected chi connectivity index (χ4v) is 1.64. The fourth-order valence-electron chi connectivity index (χ4n) is 1.64. The van der Waals surface area contributed by atoms with E-state index in [-0.39, 0.29) is 0 Å². The summed E-state index contributed by atoms with van der Waals surface area (Å²) in [5.41, 5.74) is 2.60. The summed E-state index contributed by atoms with van der Waals surface area (Å²) in [6.45, 7) is 0. The molecule has 74 valence electrons. The van der Waals surface area contributed by atoms with Gasteiger partial charge in [0.2, 0.25) is 0 Å². The highest BCUT2D eigenvalue weighted by Gasteiger charge is 1.94. The molecule has 0 unspecified atom stereocenters. The maximum atomic E-state index is 3.24. The summed E-state index contributed by atoms with van der Waals surface area (Å²) >= 11 is 0. The van der Waals surface area contributed by atoms with Crippen LogP contribution in [0.2, 0.25) is 0 Å². The monoisotopic (exact) mass is 194 g/mol. The molecule has 2 aromatic rings. The van der Waals surface area contributed by atoms with Gasteiger partial charge in [0, 0.05) is 0 Å². The number of hydrogen-bond acceptors (Lipinski definition) is 0. The van der Waals surface area contributed by atoms with Crippen molar-refractivity contribution < 1.29 is 0 Å². The van der Waals surface area contributed by atoms with Crippen molar-refractivity contribution in [3.8, 4) is 0 Å². The number of aryl methyl sites for hydroxylation is 2. The van der Waals surface area contributed by atoms with Crippen molar-refractivity contribution in [1.29, 1.82) is 0 Å². The molecule has 0 saturated carbocycles. The predicted molar refractivity (Wildman–Crippen MR) is 62.6 cm³/mol. The summed E-state index contributed by atoms with van der Waals surface area (Å²) in [5.74, 6) is 0. The summed E-state index contributed by atoms with van der Waals surface area (Å²) in [6, 6.07) is 22.9. The van der Waals surface area contributed by atoms with Crippen molar-refractivity contribution in [2.45, 2.75) is 19.3 Å². The Labute approximate surface area is 91.6 Å². The lowest BCUT2D eigenvalue weighted by atomic mass is 10.0. The zero-order valence-electron chi connectivity index (χ0n) is 8.74. The minimum atomic E-state index is 1.10. The molecular weight excluding hydrogens is 180 g/mol. The van der Waals surface area contributed by atoms with Crippen LogP contribution in [-0.4, -0.2) is 0 Å². The van der Waals surface area contributed by atoms with E-state index in [0.29, 0.717) is 0 Å². The van der Waals surface area contributed by atoms with Gasteiger partial charge in [0.25, 0.3) is 0 Å². The van der Waals surface area contributed by atoms with E-state index in [4.69, 9.17) is 0 Å². The van der Waals surface area contributed by atoms with Crippen LogP contribution in [0.25, 0.3) is 0 Å². The van der Waals surface area contributed by atoms with Crippen molar-refractivity contribution in [2.75, 3.05) is 0 Å². The third-order valence-corrected chi connectivity index (χ3v) is 2.44. The van der Waals surface area contributed by atoms with Crippen molar-refractivity contribution in [1.82, 2.24) is 0 Å². The summed E-state index contributed by atoms with van der Waals surface area (Å²) in [7, 11) is 0. The minimum absolute atomic E-state index is 1.10.